The second-order valence-corrected chi connectivity index (χ2v) is 14.7. The van der Waals surface area contributed by atoms with Gasteiger partial charge in [0.2, 0.25) is 5.91 Å². The number of nitriles is 1. The van der Waals surface area contributed by atoms with Crippen LogP contribution in [-0.2, 0) is 25.8 Å². The second kappa shape index (κ2) is 10.4. The molecule has 0 spiro atoms. The maximum atomic E-state index is 15.2. The van der Waals surface area contributed by atoms with Gasteiger partial charge in [0, 0.05) is 12.5 Å². The van der Waals surface area contributed by atoms with Gasteiger partial charge in [-0.2, -0.15) is 5.26 Å². The Morgan fingerprint density at radius 2 is 1.80 bits per heavy atom. The highest BCUT2D eigenvalue weighted by atomic mass is 32.2. The van der Waals surface area contributed by atoms with E-state index < -0.39 is 45.3 Å². The number of carbonyl (C=O) groups excluding carboxylic acids is 2. The van der Waals surface area contributed by atoms with Crippen LogP contribution in [0.25, 0.3) is 11.1 Å². The molecule has 2 aromatic rings. The molecule has 2 aromatic carbocycles. The minimum absolute atomic E-state index is 0.00644. The predicted octanol–water partition coefficient (Wildman–Crippen LogP) is 4.73. The van der Waals surface area contributed by atoms with E-state index in [4.69, 9.17) is 4.74 Å². The molecule has 7 atom stereocenters. The summed E-state index contributed by atoms with van der Waals surface area (Å²) in [5.74, 6) is 0.265. The molecule has 2 bridgehead atoms. The zero-order valence-corrected chi connectivity index (χ0v) is 24.7. The number of hydrogen-bond donors (Lipinski definition) is 1. The first-order chi connectivity index (χ1) is 19.3. The number of sulfone groups is 1. The summed E-state index contributed by atoms with van der Waals surface area (Å²) in [7, 11) is -3.34. The van der Waals surface area contributed by atoms with E-state index in [1.54, 1.807) is 56.9 Å². The van der Waals surface area contributed by atoms with E-state index in [-0.39, 0.29) is 34.6 Å². The summed E-state index contributed by atoms with van der Waals surface area (Å²) in [6.07, 6.45) is 0.186. The monoisotopic (exact) mass is 581 g/mol. The Morgan fingerprint density at radius 1 is 1.15 bits per heavy atom. The molecule has 2 saturated carbocycles. The summed E-state index contributed by atoms with van der Waals surface area (Å²) >= 11 is 0. The molecule has 8 nitrogen and oxygen atoms in total. The molecule has 1 aliphatic heterocycles. The fraction of sp³-hybridized carbons (Fsp3) is 0.516. The van der Waals surface area contributed by atoms with Gasteiger partial charge in [-0.3, -0.25) is 9.69 Å². The topological polar surface area (TPSA) is 117 Å². The average Bonchev–Trinajstić information content (AvgIpc) is 3.26. The Kier molecular flexibility index (Phi) is 7.39. The van der Waals surface area contributed by atoms with E-state index in [0.29, 0.717) is 28.9 Å². The van der Waals surface area contributed by atoms with Crippen LogP contribution in [0, 0.1) is 40.8 Å². The number of hydrogen-bond acceptors (Lipinski definition) is 6. The highest BCUT2D eigenvalue weighted by Gasteiger charge is 2.71. The molecule has 10 heteroatoms. The van der Waals surface area contributed by atoms with Gasteiger partial charge in [-0.25, -0.2) is 17.6 Å². The summed E-state index contributed by atoms with van der Waals surface area (Å²) in [6, 6.07) is 11.2. The van der Waals surface area contributed by atoms with Crippen molar-refractivity contribution in [1.82, 2.24) is 10.2 Å². The quantitative estimate of drug-likeness (QED) is 0.506. The number of amides is 2. The zero-order chi connectivity index (χ0) is 29.9. The third-order valence-electron chi connectivity index (χ3n) is 8.78. The smallest absolute Gasteiger partial charge is 0.411 e. The van der Waals surface area contributed by atoms with Crippen LogP contribution in [0.2, 0.25) is 0 Å². The van der Waals surface area contributed by atoms with Crippen LogP contribution < -0.4 is 5.32 Å². The molecule has 1 N–H and O–H groups in total. The molecular formula is C31H36FN3O5S. The first-order valence-corrected chi connectivity index (χ1v) is 15.7. The normalized spacial score (nSPS) is 27.1. The van der Waals surface area contributed by atoms with Crippen molar-refractivity contribution in [3.63, 3.8) is 0 Å². The Hall–Kier alpha value is -3.45. The van der Waals surface area contributed by atoms with Gasteiger partial charge in [0.25, 0.3) is 0 Å². The fourth-order valence-electron chi connectivity index (χ4n) is 6.86. The van der Waals surface area contributed by atoms with Crippen LogP contribution in [0.15, 0.2) is 47.4 Å². The number of nitrogens with one attached hydrogen (secondary N) is 1. The van der Waals surface area contributed by atoms with E-state index in [1.807, 2.05) is 0 Å². The van der Waals surface area contributed by atoms with Gasteiger partial charge in [0.15, 0.2) is 9.84 Å². The van der Waals surface area contributed by atoms with Crippen molar-refractivity contribution in [2.24, 2.45) is 23.7 Å². The standard InChI is InChI=1S/C31H36FN3O5S/c1-6-41(38,39)22-11-9-18(10-12-22)19-7-8-20(24(32)14-19)13-21(16-33)34-29(36)28-23-15-25(27-17(2)26(23)27)35(28)30(37)40-31(3,4)5/h7-12,14,17,21,23,25-28H,6,13,15H2,1-5H3,(H,34,36)/t17-,21-,23+,25-,26-,27+,28-/m0/s1. The van der Waals surface area contributed by atoms with Gasteiger partial charge in [0.05, 0.1) is 16.7 Å². The van der Waals surface area contributed by atoms with Crippen molar-refractivity contribution in [2.75, 3.05) is 5.75 Å². The number of ether oxygens (including phenoxy) is 1. The van der Waals surface area contributed by atoms with Gasteiger partial charge in [0.1, 0.15) is 23.5 Å². The van der Waals surface area contributed by atoms with Crippen molar-refractivity contribution in [2.45, 2.75) is 76.1 Å². The SMILES string of the molecule is CCS(=O)(=O)c1ccc(-c2ccc(C[C@@H](C#N)NC(=O)[C@@H]3[C@@H]4C[C@@H]([C@H]5[C@@H](C)[C@@H]45)N3C(=O)OC(C)(C)C)c(F)c2)cc1. The molecule has 0 aromatic heterocycles. The van der Waals surface area contributed by atoms with E-state index in [2.05, 4.69) is 18.3 Å². The van der Waals surface area contributed by atoms with E-state index in [0.717, 1.165) is 6.42 Å². The summed E-state index contributed by atoms with van der Waals surface area (Å²) in [6.45, 7) is 9.08. The van der Waals surface area contributed by atoms with E-state index in [9.17, 15) is 23.3 Å². The van der Waals surface area contributed by atoms with Crippen LogP contribution in [0.1, 0.15) is 46.6 Å². The molecule has 2 amide bonds. The van der Waals surface area contributed by atoms with Crippen molar-refractivity contribution >= 4 is 21.8 Å². The molecule has 2 aliphatic carbocycles. The maximum absolute atomic E-state index is 15.2. The van der Waals surface area contributed by atoms with Crippen molar-refractivity contribution in [1.29, 1.82) is 5.26 Å². The highest BCUT2D eigenvalue weighted by Crippen LogP contribution is 2.67. The first kappa shape index (κ1) is 29.1. The highest BCUT2D eigenvalue weighted by molar-refractivity contribution is 7.91. The number of carbonyl (C=O) groups is 2. The summed E-state index contributed by atoms with van der Waals surface area (Å²) in [5, 5.41) is 12.6. The maximum Gasteiger partial charge on any atom is 0.411 e. The number of rotatable bonds is 7. The van der Waals surface area contributed by atoms with Gasteiger partial charge in [-0.15, -0.1) is 0 Å². The molecule has 3 aliphatic rings. The predicted molar refractivity (Wildman–Crippen MR) is 151 cm³/mol. The Morgan fingerprint density at radius 3 is 2.39 bits per heavy atom. The lowest BCUT2D eigenvalue weighted by atomic mass is 9.94. The lowest BCUT2D eigenvalue weighted by Crippen LogP contribution is -2.56. The lowest BCUT2D eigenvalue weighted by Gasteiger charge is -2.35. The molecule has 3 fully saturated rings. The molecular weight excluding hydrogens is 545 g/mol. The van der Waals surface area contributed by atoms with E-state index in [1.165, 1.54) is 18.2 Å². The molecule has 218 valence electrons. The lowest BCUT2D eigenvalue weighted by molar-refractivity contribution is -0.128. The van der Waals surface area contributed by atoms with Gasteiger partial charge in [-0.05, 0) is 85.8 Å². The Labute approximate surface area is 240 Å². The minimum atomic E-state index is -3.34. The van der Waals surface area contributed by atoms with Crippen molar-refractivity contribution in [3.8, 4) is 17.2 Å². The Bertz CT molecular complexity index is 1510. The summed E-state index contributed by atoms with van der Waals surface area (Å²) < 4.78 is 44.9. The number of nitrogens with zero attached hydrogens (tertiary/aromatic N) is 2. The van der Waals surface area contributed by atoms with Crippen LogP contribution >= 0.6 is 0 Å². The Balaban J connectivity index is 1.29. The number of halogens is 1. The summed E-state index contributed by atoms with van der Waals surface area (Å²) in [4.78, 5) is 28.5. The molecule has 5 rings (SSSR count). The largest absolute Gasteiger partial charge is 0.444 e. The van der Waals surface area contributed by atoms with E-state index >= 15 is 4.39 Å². The van der Waals surface area contributed by atoms with Crippen LogP contribution in [0.5, 0.6) is 0 Å². The zero-order valence-electron chi connectivity index (χ0n) is 23.9. The fourth-order valence-corrected chi connectivity index (χ4v) is 7.74. The molecule has 1 heterocycles. The van der Waals surface area contributed by atoms with Crippen LogP contribution in [0.3, 0.4) is 0 Å². The first-order valence-electron chi connectivity index (χ1n) is 14.1. The van der Waals surface area contributed by atoms with Crippen molar-refractivity contribution < 1.29 is 27.1 Å². The molecule has 1 saturated heterocycles. The number of benzene rings is 2. The third-order valence-corrected chi connectivity index (χ3v) is 10.5. The average molecular weight is 582 g/mol. The van der Waals surface area contributed by atoms with Gasteiger partial charge >= 0.3 is 6.09 Å². The number of piperidine rings is 1. The van der Waals surface area contributed by atoms with Crippen molar-refractivity contribution in [3.05, 3.63) is 53.8 Å². The number of fused-ring (bicyclic) bond motifs is 5. The van der Waals surface area contributed by atoms with Gasteiger partial charge in [-0.1, -0.05) is 38.1 Å². The van der Waals surface area contributed by atoms with Crippen LogP contribution in [-0.4, -0.2) is 54.8 Å². The molecule has 0 radical (unpaired) electrons. The molecule has 41 heavy (non-hydrogen) atoms. The third kappa shape index (κ3) is 5.44. The summed E-state index contributed by atoms with van der Waals surface area (Å²) in [5.41, 5.74) is 0.774. The second-order valence-electron chi connectivity index (χ2n) is 12.4. The minimum Gasteiger partial charge on any atom is -0.444 e. The number of likely N-dealkylation sites (tertiary alicyclic amines) is 1. The molecule has 0 unspecified atom stereocenters. The van der Waals surface area contributed by atoms with Gasteiger partial charge < -0.3 is 10.1 Å². The van der Waals surface area contributed by atoms with Crippen LogP contribution in [0.4, 0.5) is 9.18 Å².